The number of rotatable bonds is 2. The number of aryl methyl sites for hydroxylation is 1. The highest BCUT2D eigenvalue weighted by molar-refractivity contribution is 7.13. The average Bonchev–Trinajstić information content (AvgIpc) is 2.97. The second-order valence-corrected chi connectivity index (χ2v) is 4.98. The quantitative estimate of drug-likeness (QED) is 0.781. The van der Waals surface area contributed by atoms with Crippen molar-refractivity contribution in [1.29, 1.82) is 0 Å². The lowest BCUT2D eigenvalue weighted by molar-refractivity contribution is 0.101. The number of nitrogens with zero attached hydrogens (tertiary/aromatic N) is 2. The molecule has 0 spiro atoms. The zero-order chi connectivity index (χ0) is 13.4. The minimum Gasteiger partial charge on any atom is -0.340 e. The molecule has 0 aliphatic carbocycles. The fourth-order valence-electron chi connectivity index (χ4n) is 1.98. The first-order valence-corrected chi connectivity index (χ1v) is 6.49. The molecule has 1 amide bonds. The number of hydrogen-bond acceptors (Lipinski definition) is 3. The number of hydrogen-bond donors (Lipinski definition) is 1. The second kappa shape index (κ2) is 4.47. The zero-order valence-corrected chi connectivity index (χ0v) is 10.9. The topological polar surface area (TPSA) is 46.9 Å². The fourth-order valence-corrected chi connectivity index (χ4v) is 2.51. The summed E-state index contributed by atoms with van der Waals surface area (Å²) in [6, 6.07) is 6.12. The van der Waals surface area contributed by atoms with E-state index in [2.05, 4.69) is 10.3 Å². The van der Waals surface area contributed by atoms with Crippen molar-refractivity contribution in [2.24, 2.45) is 7.05 Å². The number of aromatic nitrogens is 2. The number of benzene rings is 1. The Morgan fingerprint density at radius 2 is 2.26 bits per heavy atom. The molecule has 6 heteroatoms. The van der Waals surface area contributed by atoms with E-state index in [-0.39, 0.29) is 11.7 Å². The fraction of sp³-hybridized carbons (Fsp3) is 0.0769. The van der Waals surface area contributed by atoms with E-state index in [1.54, 1.807) is 35.3 Å². The smallest absolute Gasteiger partial charge is 0.274 e. The molecule has 0 atom stereocenters. The first kappa shape index (κ1) is 11.9. The van der Waals surface area contributed by atoms with Crippen LogP contribution in [0.15, 0.2) is 35.8 Å². The number of carbonyl (C=O) groups excluding carboxylic acids is 1. The Morgan fingerprint density at radius 3 is 3.00 bits per heavy atom. The molecular formula is C13H10FN3OS. The molecule has 0 unspecified atom stereocenters. The van der Waals surface area contributed by atoms with Gasteiger partial charge in [-0.05, 0) is 24.3 Å². The van der Waals surface area contributed by atoms with Crippen molar-refractivity contribution in [3.8, 4) is 0 Å². The van der Waals surface area contributed by atoms with Gasteiger partial charge in [0.25, 0.3) is 5.91 Å². The number of anilines is 1. The molecule has 96 valence electrons. The van der Waals surface area contributed by atoms with Gasteiger partial charge in [0.2, 0.25) is 0 Å². The van der Waals surface area contributed by atoms with E-state index in [0.29, 0.717) is 16.2 Å². The molecule has 1 aromatic carbocycles. The molecule has 0 saturated carbocycles. The Balaban J connectivity index is 2.00. The summed E-state index contributed by atoms with van der Waals surface area (Å²) in [5.41, 5.74) is 1.28. The molecule has 0 bridgehead atoms. The lowest BCUT2D eigenvalue weighted by Crippen LogP contribution is -2.15. The number of thiazole rings is 1. The van der Waals surface area contributed by atoms with Crippen LogP contribution in [0.1, 0.15) is 10.5 Å². The maximum Gasteiger partial charge on any atom is 0.274 e. The lowest BCUT2D eigenvalue weighted by atomic mass is 10.2. The molecular weight excluding hydrogens is 265 g/mol. The highest BCUT2D eigenvalue weighted by Crippen LogP contribution is 2.21. The third-order valence-corrected chi connectivity index (χ3v) is 3.58. The summed E-state index contributed by atoms with van der Waals surface area (Å²) in [5, 5.41) is 5.74. The zero-order valence-electron chi connectivity index (χ0n) is 10.1. The van der Waals surface area contributed by atoms with E-state index in [1.807, 2.05) is 0 Å². The third kappa shape index (κ3) is 2.10. The highest BCUT2D eigenvalue weighted by atomic mass is 32.1. The molecule has 3 aromatic rings. The van der Waals surface area contributed by atoms with Gasteiger partial charge < -0.3 is 4.57 Å². The van der Waals surface area contributed by atoms with Crippen LogP contribution in [0.3, 0.4) is 0 Å². The van der Waals surface area contributed by atoms with Gasteiger partial charge in [-0.2, -0.15) is 0 Å². The van der Waals surface area contributed by atoms with Crippen molar-refractivity contribution < 1.29 is 9.18 Å². The summed E-state index contributed by atoms with van der Waals surface area (Å²) in [5.74, 6) is -0.570. The Labute approximate surface area is 112 Å². The summed E-state index contributed by atoms with van der Waals surface area (Å²) in [7, 11) is 1.77. The van der Waals surface area contributed by atoms with Gasteiger partial charge in [0.15, 0.2) is 5.13 Å². The number of carbonyl (C=O) groups is 1. The van der Waals surface area contributed by atoms with Gasteiger partial charge in [0.1, 0.15) is 11.5 Å². The van der Waals surface area contributed by atoms with Crippen LogP contribution in [0.5, 0.6) is 0 Å². The monoisotopic (exact) mass is 275 g/mol. The maximum absolute atomic E-state index is 13.2. The first-order valence-electron chi connectivity index (χ1n) is 5.61. The first-order chi connectivity index (χ1) is 9.15. The molecule has 1 N–H and O–H groups in total. The van der Waals surface area contributed by atoms with Crippen molar-refractivity contribution in [3.05, 3.63) is 47.4 Å². The molecule has 2 aromatic heterocycles. The SMILES string of the molecule is Cn1c(C(=O)Nc2nccs2)cc2cc(F)ccc21. The highest BCUT2D eigenvalue weighted by Gasteiger charge is 2.14. The minimum absolute atomic E-state index is 0.256. The van der Waals surface area contributed by atoms with Crippen molar-refractivity contribution in [2.45, 2.75) is 0 Å². The number of halogens is 1. The van der Waals surface area contributed by atoms with E-state index in [1.165, 1.54) is 23.5 Å². The number of fused-ring (bicyclic) bond motifs is 1. The summed E-state index contributed by atoms with van der Waals surface area (Å²) in [6.07, 6.45) is 1.62. The van der Waals surface area contributed by atoms with Crippen molar-refractivity contribution >= 4 is 33.3 Å². The minimum atomic E-state index is -0.315. The maximum atomic E-state index is 13.2. The number of amides is 1. The Morgan fingerprint density at radius 1 is 1.42 bits per heavy atom. The van der Waals surface area contributed by atoms with Crippen molar-refractivity contribution in [3.63, 3.8) is 0 Å². The third-order valence-electron chi connectivity index (χ3n) is 2.89. The van der Waals surface area contributed by atoms with E-state index >= 15 is 0 Å². The van der Waals surface area contributed by atoms with Crippen LogP contribution >= 0.6 is 11.3 Å². The van der Waals surface area contributed by atoms with Gasteiger partial charge in [-0.25, -0.2) is 9.37 Å². The van der Waals surface area contributed by atoms with Crippen LogP contribution in [0.4, 0.5) is 9.52 Å². The van der Waals surface area contributed by atoms with Gasteiger partial charge >= 0.3 is 0 Å². The largest absolute Gasteiger partial charge is 0.340 e. The Kier molecular flexibility index (Phi) is 2.79. The number of nitrogens with one attached hydrogen (secondary N) is 1. The second-order valence-electron chi connectivity index (χ2n) is 4.08. The summed E-state index contributed by atoms with van der Waals surface area (Å²) < 4.78 is 14.9. The van der Waals surface area contributed by atoms with E-state index in [4.69, 9.17) is 0 Å². The lowest BCUT2D eigenvalue weighted by Gasteiger charge is -2.03. The predicted octanol–water partition coefficient (Wildman–Crippen LogP) is 3.03. The van der Waals surface area contributed by atoms with Crippen LogP contribution in [0, 0.1) is 5.82 Å². The molecule has 0 fully saturated rings. The molecule has 19 heavy (non-hydrogen) atoms. The standard InChI is InChI=1S/C13H10FN3OS/c1-17-10-3-2-9(14)6-8(10)7-11(17)12(18)16-13-15-4-5-19-13/h2-7H,1H3,(H,15,16,18). The normalized spacial score (nSPS) is 10.8. The van der Waals surface area contributed by atoms with Gasteiger partial charge in [-0.1, -0.05) is 0 Å². The average molecular weight is 275 g/mol. The molecule has 0 saturated heterocycles. The molecule has 0 radical (unpaired) electrons. The van der Waals surface area contributed by atoms with E-state index in [9.17, 15) is 9.18 Å². The van der Waals surface area contributed by atoms with Crippen LogP contribution in [0.2, 0.25) is 0 Å². The van der Waals surface area contributed by atoms with Gasteiger partial charge in [0.05, 0.1) is 0 Å². The van der Waals surface area contributed by atoms with Crippen LogP contribution in [-0.4, -0.2) is 15.5 Å². The van der Waals surface area contributed by atoms with Gasteiger partial charge in [0, 0.05) is 29.5 Å². The van der Waals surface area contributed by atoms with Crippen molar-refractivity contribution in [1.82, 2.24) is 9.55 Å². The van der Waals surface area contributed by atoms with E-state index in [0.717, 1.165) is 5.52 Å². The van der Waals surface area contributed by atoms with Crippen molar-refractivity contribution in [2.75, 3.05) is 5.32 Å². The van der Waals surface area contributed by atoms with Crippen LogP contribution in [-0.2, 0) is 7.05 Å². The Hall–Kier alpha value is -2.21. The molecule has 3 rings (SSSR count). The molecule has 2 heterocycles. The van der Waals surface area contributed by atoms with E-state index < -0.39 is 0 Å². The Bertz CT molecular complexity index is 749. The van der Waals surface area contributed by atoms with Crippen LogP contribution < -0.4 is 5.32 Å². The van der Waals surface area contributed by atoms with Gasteiger partial charge in [-0.3, -0.25) is 10.1 Å². The van der Waals surface area contributed by atoms with Crippen LogP contribution in [0.25, 0.3) is 10.9 Å². The van der Waals surface area contributed by atoms with Gasteiger partial charge in [-0.15, -0.1) is 11.3 Å². The summed E-state index contributed by atoms with van der Waals surface area (Å²) >= 11 is 1.35. The summed E-state index contributed by atoms with van der Waals surface area (Å²) in [6.45, 7) is 0. The molecule has 4 nitrogen and oxygen atoms in total. The molecule has 0 aliphatic rings. The molecule has 0 aliphatic heterocycles. The predicted molar refractivity (Wildman–Crippen MR) is 72.9 cm³/mol. The summed E-state index contributed by atoms with van der Waals surface area (Å²) in [4.78, 5) is 16.1.